The smallest absolute Gasteiger partial charge is 0.209 e. The van der Waals surface area contributed by atoms with Gasteiger partial charge in [0.15, 0.2) is 11.5 Å². The summed E-state index contributed by atoms with van der Waals surface area (Å²) in [4.78, 5) is 21.3. The number of methoxy groups -OCH3 is 1. The van der Waals surface area contributed by atoms with Crippen molar-refractivity contribution in [3.8, 4) is 39.9 Å². The van der Waals surface area contributed by atoms with Crippen molar-refractivity contribution in [1.82, 2.24) is 29.5 Å². The van der Waals surface area contributed by atoms with E-state index in [1.165, 1.54) is 6.07 Å². The number of ether oxygens (including phenoxy) is 1. The minimum absolute atomic E-state index is 0.202. The second-order valence-electron chi connectivity index (χ2n) is 6.90. The van der Waals surface area contributed by atoms with Crippen molar-refractivity contribution in [3.63, 3.8) is 0 Å². The lowest BCUT2D eigenvalue weighted by Crippen LogP contribution is -2.15. The van der Waals surface area contributed by atoms with Gasteiger partial charge < -0.3 is 4.74 Å². The van der Waals surface area contributed by atoms with Crippen LogP contribution in [0.2, 0.25) is 0 Å². The topological polar surface area (TPSA) is 87.7 Å². The lowest BCUT2D eigenvalue weighted by molar-refractivity contribution is 0.411. The Morgan fingerprint density at radius 1 is 0.875 bits per heavy atom. The van der Waals surface area contributed by atoms with Crippen molar-refractivity contribution >= 4 is 0 Å². The van der Waals surface area contributed by atoms with E-state index in [2.05, 4.69) is 20.2 Å². The van der Waals surface area contributed by atoms with Gasteiger partial charge >= 0.3 is 0 Å². The fourth-order valence-electron chi connectivity index (χ4n) is 3.43. The first-order valence-electron chi connectivity index (χ1n) is 9.90. The zero-order valence-corrected chi connectivity index (χ0v) is 17.2. The molecular weight excluding hydrogens is 404 g/mol. The van der Waals surface area contributed by atoms with Gasteiger partial charge in [-0.2, -0.15) is 10.2 Å². The first kappa shape index (κ1) is 19.4. The minimum atomic E-state index is -0.202. The fourth-order valence-corrected chi connectivity index (χ4v) is 3.43. The normalized spacial score (nSPS) is 10.8. The van der Waals surface area contributed by atoms with Crippen LogP contribution in [0.3, 0.4) is 0 Å². The highest BCUT2D eigenvalue weighted by atomic mass is 16.5. The SMILES string of the molecule is COc1cc(-c2ncccn2)ccc1-n1ccc(=O)c(-c2ccnn2-c2ccccc2)n1. The Labute approximate surface area is 183 Å². The highest BCUT2D eigenvalue weighted by molar-refractivity contribution is 5.63. The molecule has 0 aliphatic carbocycles. The average Bonchev–Trinajstić information content (AvgIpc) is 3.35. The Balaban J connectivity index is 1.60. The maximum absolute atomic E-state index is 12.7. The van der Waals surface area contributed by atoms with Gasteiger partial charge in [-0.25, -0.2) is 19.3 Å². The predicted octanol–water partition coefficient (Wildman–Crippen LogP) is 3.55. The van der Waals surface area contributed by atoms with E-state index in [-0.39, 0.29) is 11.1 Å². The summed E-state index contributed by atoms with van der Waals surface area (Å²) in [5.74, 6) is 1.17. The molecule has 0 fully saturated rings. The summed E-state index contributed by atoms with van der Waals surface area (Å²) in [6.45, 7) is 0. The predicted molar refractivity (Wildman–Crippen MR) is 120 cm³/mol. The summed E-state index contributed by atoms with van der Waals surface area (Å²) in [5, 5.41) is 8.99. The Kier molecular flexibility index (Phi) is 5.01. The van der Waals surface area contributed by atoms with Gasteiger partial charge in [-0.15, -0.1) is 0 Å². The van der Waals surface area contributed by atoms with Crippen LogP contribution in [0.25, 0.3) is 34.2 Å². The molecule has 0 radical (unpaired) electrons. The van der Waals surface area contributed by atoms with Crippen molar-refractivity contribution in [2.45, 2.75) is 0 Å². The van der Waals surface area contributed by atoms with Crippen LogP contribution in [0.15, 0.2) is 96.3 Å². The van der Waals surface area contributed by atoms with E-state index >= 15 is 0 Å². The monoisotopic (exact) mass is 422 g/mol. The number of aromatic nitrogens is 6. The molecule has 5 aromatic rings. The highest BCUT2D eigenvalue weighted by Gasteiger charge is 2.15. The van der Waals surface area contributed by atoms with Crippen LogP contribution in [0, 0.1) is 0 Å². The zero-order chi connectivity index (χ0) is 21.9. The molecule has 8 nitrogen and oxygen atoms in total. The molecule has 0 N–H and O–H groups in total. The van der Waals surface area contributed by atoms with Crippen LogP contribution >= 0.6 is 0 Å². The van der Waals surface area contributed by atoms with E-state index in [0.717, 1.165) is 11.3 Å². The largest absolute Gasteiger partial charge is 0.494 e. The van der Waals surface area contributed by atoms with Crippen molar-refractivity contribution in [2.75, 3.05) is 7.11 Å². The van der Waals surface area contributed by atoms with Gasteiger partial charge in [-0.05, 0) is 42.5 Å². The summed E-state index contributed by atoms with van der Waals surface area (Å²) in [6, 6.07) is 20.2. The molecule has 3 heterocycles. The van der Waals surface area contributed by atoms with Crippen molar-refractivity contribution < 1.29 is 4.74 Å². The van der Waals surface area contributed by atoms with Gasteiger partial charge in [-0.3, -0.25) is 4.79 Å². The molecule has 0 unspecified atom stereocenters. The molecule has 0 aliphatic rings. The van der Waals surface area contributed by atoms with Gasteiger partial charge in [0.2, 0.25) is 5.43 Å². The number of nitrogens with zero attached hydrogens (tertiary/aromatic N) is 6. The first-order chi connectivity index (χ1) is 15.7. The Morgan fingerprint density at radius 2 is 1.69 bits per heavy atom. The molecule has 0 saturated carbocycles. The fraction of sp³-hybridized carbons (Fsp3) is 0.0417. The van der Waals surface area contributed by atoms with Gasteiger partial charge in [0, 0.05) is 30.2 Å². The Morgan fingerprint density at radius 3 is 2.47 bits per heavy atom. The Bertz CT molecular complexity index is 1430. The number of hydrogen-bond acceptors (Lipinski definition) is 6. The van der Waals surface area contributed by atoms with E-state index in [1.807, 2.05) is 48.5 Å². The third-order valence-corrected chi connectivity index (χ3v) is 4.94. The van der Waals surface area contributed by atoms with E-state index in [0.29, 0.717) is 23.0 Å². The standard InChI is InChI=1S/C24H18N6O2/c1-32-22-16-17(24-25-12-5-13-26-24)8-9-19(22)29-15-11-21(31)23(28-29)20-10-14-27-30(20)18-6-3-2-4-7-18/h2-16H,1H3. The quantitative estimate of drug-likeness (QED) is 0.430. The van der Waals surface area contributed by atoms with E-state index in [1.54, 1.807) is 53.4 Å². The van der Waals surface area contributed by atoms with Crippen LogP contribution in [0.5, 0.6) is 5.75 Å². The third-order valence-electron chi connectivity index (χ3n) is 4.94. The summed E-state index contributed by atoms with van der Waals surface area (Å²) < 4.78 is 8.92. The molecule has 8 heteroatoms. The molecule has 32 heavy (non-hydrogen) atoms. The van der Waals surface area contributed by atoms with Gasteiger partial charge in [-0.1, -0.05) is 18.2 Å². The minimum Gasteiger partial charge on any atom is -0.494 e. The van der Waals surface area contributed by atoms with Crippen LogP contribution in [-0.2, 0) is 0 Å². The third kappa shape index (κ3) is 3.54. The molecule has 2 aromatic carbocycles. The molecule has 0 spiro atoms. The van der Waals surface area contributed by atoms with Crippen LogP contribution in [0.1, 0.15) is 0 Å². The van der Waals surface area contributed by atoms with Gasteiger partial charge in [0.25, 0.3) is 0 Å². The van der Waals surface area contributed by atoms with Crippen molar-refractivity contribution in [3.05, 3.63) is 102 Å². The summed E-state index contributed by atoms with van der Waals surface area (Å²) >= 11 is 0. The first-order valence-corrected chi connectivity index (χ1v) is 9.90. The van der Waals surface area contributed by atoms with Gasteiger partial charge in [0.1, 0.15) is 11.4 Å². The molecule has 156 valence electrons. The molecule has 0 saturated heterocycles. The highest BCUT2D eigenvalue weighted by Crippen LogP contribution is 2.28. The maximum atomic E-state index is 12.7. The summed E-state index contributed by atoms with van der Waals surface area (Å²) in [6.07, 6.45) is 6.64. The summed E-state index contributed by atoms with van der Waals surface area (Å²) in [5.41, 5.74) is 3.02. The van der Waals surface area contributed by atoms with E-state index < -0.39 is 0 Å². The molecule has 3 aromatic heterocycles. The number of para-hydroxylation sites is 1. The number of rotatable bonds is 5. The summed E-state index contributed by atoms with van der Waals surface area (Å²) in [7, 11) is 1.59. The molecule has 5 rings (SSSR count). The molecule has 0 amide bonds. The lowest BCUT2D eigenvalue weighted by atomic mass is 10.1. The number of benzene rings is 2. The maximum Gasteiger partial charge on any atom is 0.209 e. The van der Waals surface area contributed by atoms with Crippen molar-refractivity contribution in [2.24, 2.45) is 0 Å². The molecule has 0 atom stereocenters. The van der Waals surface area contributed by atoms with Crippen LogP contribution < -0.4 is 10.2 Å². The van der Waals surface area contributed by atoms with E-state index in [9.17, 15) is 4.79 Å². The van der Waals surface area contributed by atoms with Gasteiger partial charge in [0.05, 0.1) is 24.7 Å². The van der Waals surface area contributed by atoms with Crippen molar-refractivity contribution in [1.29, 1.82) is 0 Å². The average molecular weight is 422 g/mol. The zero-order valence-electron chi connectivity index (χ0n) is 17.2. The molecule has 0 aliphatic heterocycles. The van der Waals surface area contributed by atoms with Crippen LogP contribution in [-0.4, -0.2) is 36.6 Å². The lowest BCUT2D eigenvalue weighted by Gasteiger charge is -2.13. The van der Waals surface area contributed by atoms with Crippen LogP contribution in [0.4, 0.5) is 0 Å². The second-order valence-corrected chi connectivity index (χ2v) is 6.90. The molecular formula is C24H18N6O2. The number of hydrogen-bond donors (Lipinski definition) is 0. The Hall–Kier alpha value is -4.59. The van der Waals surface area contributed by atoms with E-state index in [4.69, 9.17) is 4.74 Å². The molecule has 0 bridgehead atoms. The second kappa shape index (κ2) is 8.27.